The molecular formula is C9H14N2. The summed E-state index contributed by atoms with van der Waals surface area (Å²) in [5.74, 6) is 0.848. The average Bonchev–Trinajstić information content (AvgIpc) is 2.41. The second-order valence-corrected chi connectivity index (χ2v) is 3.86. The maximum absolute atomic E-state index is 8.97. The van der Waals surface area contributed by atoms with Crippen LogP contribution in [0.2, 0.25) is 0 Å². The van der Waals surface area contributed by atoms with Gasteiger partial charge in [-0.05, 0) is 31.7 Å². The summed E-state index contributed by atoms with van der Waals surface area (Å²) in [6.45, 7) is 4.48. The third-order valence-electron chi connectivity index (χ3n) is 3.04. The first-order valence-corrected chi connectivity index (χ1v) is 4.47. The average molecular weight is 150 g/mol. The molecular weight excluding hydrogens is 136 g/mol. The van der Waals surface area contributed by atoms with Crippen LogP contribution in [-0.2, 0) is 0 Å². The van der Waals surface area contributed by atoms with Crippen molar-refractivity contribution in [3.05, 3.63) is 0 Å². The molecule has 0 spiro atoms. The molecule has 2 saturated heterocycles. The number of hydrogen-bond donors (Lipinski definition) is 0. The summed E-state index contributed by atoms with van der Waals surface area (Å²) in [6.07, 6.45) is 3.46. The number of nitrogens with zero attached hydrogens (tertiary/aromatic N) is 2. The predicted molar refractivity (Wildman–Crippen MR) is 42.9 cm³/mol. The molecule has 0 radical (unpaired) electrons. The Kier molecular flexibility index (Phi) is 1.43. The molecule has 0 N–H and O–H groups in total. The van der Waals surface area contributed by atoms with Gasteiger partial charge >= 0.3 is 0 Å². The standard InChI is InChI=1S/C9H14N2/c1-2-3-11-6-8-4-9(11,5-8)7-10/h8H,2-6H2,1H3. The molecule has 3 rings (SSSR count). The lowest BCUT2D eigenvalue weighted by Gasteiger charge is -2.35. The summed E-state index contributed by atoms with van der Waals surface area (Å²) in [5, 5.41) is 8.97. The van der Waals surface area contributed by atoms with Crippen LogP contribution in [0.5, 0.6) is 0 Å². The van der Waals surface area contributed by atoms with Gasteiger partial charge in [0.15, 0.2) is 0 Å². The highest BCUT2D eigenvalue weighted by Gasteiger charge is 2.55. The van der Waals surface area contributed by atoms with Gasteiger partial charge in [0.2, 0.25) is 0 Å². The van der Waals surface area contributed by atoms with Gasteiger partial charge in [0, 0.05) is 6.54 Å². The molecule has 11 heavy (non-hydrogen) atoms. The van der Waals surface area contributed by atoms with Gasteiger partial charge in [-0.2, -0.15) is 5.26 Å². The van der Waals surface area contributed by atoms with Crippen LogP contribution in [0.3, 0.4) is 0 Å². The number of fused-ring (bicyclic) bond motifs is 1. The van der Waals surface area contributed by atoms with Crippen molar-refractivity contribution < 1.29 is 0 Å². The molecule has 0 aromatic carbocycles. The van der Waals surface area contributed by atoms with Crippen molar-refractivity contribution in [1.29, 1.82) is 5.26 Å². The quantitative estimate of drug-likeness (QED) is 0.594. The second-order valence-electron chi connectivity index (χ2n) is 3.86. The monoisotopic (exact) mass is 150 g/mol. The molecule has 1 saturated carbocycles. The van der Waals surface area contributed by atoms with Crippen LogP contribution >= 0.6 is 0 Å². The molecule has 1 aliphatic carbocycles. The minimum Gasteiger partial charge on any atom is -0.285 e. The highest BCUT2D eigenvalue weighted by molar-refractivity contribution is 5.22. The topological polar surface area (TPSA) is 27.0 Å². The Hall–Kier alpha value is -0.550. The van der Waals surface area contributed by atoms with E-state index in [0.29, 0.717) is 0 Å². The second kappa shape index (κ2) is 2.22. The Morgan fingerprint density at radius 1 is 1.64 bits per heavy atom. The molecule has 2 bridgehead atoms. The van der Waals surface area contributed by atoms with Gasteiger partial charge in [0.25, 0.3) is 0 Å². The van der Waals surface area contributed by atoms with Gasteiger partial charge in [0.05, 0.1) is 6.07 Å². The lowest BCUT2D eigenvalue weighted by Crippen LogP contribution is -2.44. The summed E-state index contributed by atoms with van der Waals surface area (Å²) in [6, 6.07) is 2.47. The van der Waals surface area contributed by atoms with E-state index in [0.717, 1.165) is 25.3 Å². The van der Waals surface area contributed by atoms with E-state index >= 15 is 0 Å². The zero-order valence-corrected chi connectivity index (χ0v) is 7.01. The maximum Gasteiger partial charge on any atom is 0.109 e. The van der Waals surface area contributed by atoms with Crippen molar-refractivity contribution >= 4 is 0 Å². The zero-order valence-electron chi connectivity index (χ0n) is 7.01. The van der Waals surface area contributed by atoms with Crippen LogP contribution in [-0.4, -0.2) is 23.5 Å². The van der Waals surface area contributed by atoms with Crippen LogP contribution in [0.15, 0.2) is 0 Å². The Bertz CT molecular complexity index is 198. The van der Waals surface area contributed by atoms with E-state index < -0.39 is 0 Å². The Morgan fingerprint density at radius 2 is 2.36 bits per heavy atom. The SMILES string of the molecule is CCCN1CC2CC1(C#N)C2. The van der Waals surface area contributed by atoms with Gasteiger partial charge in [-0.25, -0.2) is 0 Å². The van der Waals surface area contributed by atoms with Crippen molar-refractivity contribution in [2.24, 2.45) is 5.92 Å². The Labute approximate surface area is 67.8 Å². The van der Waals surface area contributed by atoms with Gasteiger partial charge in [-0.3, -0.25) is 4.90 Å². The fourth-order valence-corrected chi connectivity index (χ4v) is 2.51. The highest BCUT2D eigenvalue weighted by atomic mass is 15.3. The molecule has 3 aliphatic rings. The van der Waals surface area contributed by atoms with Crippen LogP contribution in [0.25, 0.3) is 0 Å². The largest absolute Gasteiger partial charge is 0.285 e. The van der Waals surface area contributed by atoms with Gasteiger partial charge in [0.1, 0.15) is 5.54 Å². The molecule has 0 aromatic rings. The molecule has 0 amide bonds. The minimum absolute atomic E-state index is 0.0132. The van der Waals surface area contributed by atoms with E-state index in [9.17, 15) is 0 Å². The third-order valence-corrected chi connectivity index (χ3v) is 3.04. The Morgan fingerprint density at radius 3 is 2.91 bits per heavy atom. The molecule has 0 aromatic heterocycles. The predicted octanol–water partition coefficient (Wildman–Crippen LogP) is 1.38. The van der Waals surface area contributed by atoms with Crippen LogP contribution in [0, 0.1) is 17.2 Å². The van der Waals surface area contributed by atoms with Crippen LogP contribution in [0.4, 0.5) is 0 Å². The number of hydrogen-bond acceptors (Lipinski definition) is 2. The maximum atomic E-state index is 8.97. The smallest absolute Gasteiger partial charge is 0.109 e. The summed E-state index contributed by atoms with van der Waals surface area (Å²) in [5.41, 5.74) is -0.0132. The van der Waals surface area contributed by atoms with E-state index in [1.807, 2.05) is 0 Å². The molecule has 2 nitrogen and oxygen atoms in total. The van der Waals surface area contributed by atoms with Crippen molar-refractivity contribution in [2.75, 3.05) is 13.1 Å². The minimum atomic E-state index is -0.0132. The fourth-order valence-electron chi connectivity index (χ4n) is 2.51. The first kappa shape index (κ1) is 7.12. The van der Waals surface area contributed by atoms with Crippen LogP contribution in [0.1, 0.15) is 26.2 Å². The van der Waals surface area contributed by atoms with Gasteiger partial charge < -0.3 is 0 Å². The molecule has 60 valence electrons. The Balaban J connectivity index is 2.07. The van der Waals surface area contributed by atoms with Gasteiger partial charge in [-0.1, -0.05) is 6.92 Å². The molecule has 2 aliphatic heterocycles. The molecule has 2 heterocycles. The van der Waals surface area contributed by atoms with Crippen molar-refractivity contribution in [3.63, 3.8) is 0 Å². The van der Waals surface area contributed by atoms with E-state index in [1.165, 1.54) is 13.0 Å². The van der Waals surface area contributed by atoms with Crippen molar-refractivity contribution in [2.45, 2.75) is 31.7 Å². The first-order valence-electron chi connectivity index (χ1n) is 4.47. The fraction of sp³-hybridized carbons (Fsp3) is 0.889. The number of rotatable bonds is 2. The molecule has 3 fully saturated rings. The van der Waals surface area contributed by atoms with Gasteiger partial charge in [-0.15, -0.1) is 0 Å². The lowest BCUT2D eigenvalue weighted by molar-refractivity contribution is 0.170. The molecule has 0 atom stereocenters. The van der Waals surface area contributed by atoms with E-state index in [4.69, 9.17) is 5.26 Å². The normalized spacial score (nSPS) is 41.6. The summed E-state index contributed by atoms with van der Waals surface area (Å²) in [4.78, 5) is 2.37. The van der Waals surface area contributed by atoms with Crippen LogP contribution < -0.4 is 0 Å². The summed E-state index contributed by atoms with van der Waals surface area (Å²) < 4.78 is 0. The lowest BCUT2D eigenvalue weighted by atomic mass is 9.74. The zero-order chi connectivity index (χ0) is 7.90. The molecule has 0 unspecified atom stereocenters. The van der Waals surface area contributed by atoms with Crippen molar-refractivity contribution in [1.82, 2.24) is 4.90 Å². The first-order chi connectivity index (χ1) is 5.30. The van der Waals surface area contributed by atoms with E-state index in [1.54, 1.807) is 0 Å². The van der Waals surface area contributed by atoms with E-state index in [-0.39, 0.29) is 5.54 Å². The summed E-state index contributed by atoms with van der Waals surface area (Å²) in [7, 11) is 0. The van der Waals surface area contributed by atoms with Crippen molar-refractivity contribution in [3.8, 4) is 6.07 Å². The third kappa shape index (κ3) is 0.810. The summed E-state index contributed by atoms with van der Waals surface area (Å²) >= 11 is 0. The van der Waals surface area contributed by atoms with E-state index in [2.05, 4.69) is 17.9 Å². The molecule has 2 heteroatoms. The number of nitriles is 1. The highest BCUT2D eigenvalue weighted by Crippen LogP contribution is 2.49.